The van der Waals surface area contributed by atoms with Crippen LogP contribution < -0.4 is 5.56 Å². The van der Waals surface area contributed by atoms with Crippen LogP contribution in [-0.4, -0.2) is 19.5 Å². The largest absolute Gasteiger partial charge is 0.310 e. The van der Waals surface area contributed by atoms with Crippen molar-refractivity contribution in [3.05, 3.63) is 22.0 Å². The fourth-order valence-electron chi connectivity index (χ4n) is 1.37. The second-order valence-electron chi connectivity index (χ2n) is 4.31. The number of nitrogens with zero attached hydrogens (tertiary/aromatic N) is 3. The fraction of sp³-hybridized carbons (Fsp3) is 0.444. The normalized spacial score (nSPS) is 12.3. The number of rotatable bonds is 0. The standard InChI is InChI=1S/C9H11ClN4O/c1-9(2,3)14-4-11-5-6(14)12-8(10)13-7(5)15/h4H,1-3H3,(H,12,13,15). The van der Waals surface area contributed by atoms with Crippen molar-refractivity contribution in [3.8, 4) is 0 Å². The Kier molecular flexibility index (Phi) is 2.08. The molecule has 0 aromatic carbocycles. The van der Waals surface area contributed by atoms with Gasteiger partial charge in [-0.1, -0.05) is 0 Å². The van der Waals surface area contributed by atoms with Gasteiger partial charge in [-0.15, -0.1) is 0 Å². The number of hydrogen-bond acceptors (Lipinski definition) is 3. The maximum atomic E-state index is 11.5. The molecule has 0 saturated heterocycles. The molecule has 80 valence electrons. The zero-order chi connectivity index (χ0) is 11.2. The van der Waals surface area contributed by atoms with E-state index in [1.54, 1.807) is 6.33 Å². The summed E-state index contributed by atoms with van der Waals surface area (Å²) < 4.78 is 1.82. The van der Waals surface area contributed by atoms with Crippen molar-refractivity contribution in [1.29, 1.82) is 0 Å². The molecule has 0 fully saturated rings. The fourth-order valence-corrected chi connectivity index (χ4v) is 1.54. The number of aromatic nitrogens is 4. The summed E-state index contributed by atoms with van der Waals surface area (Å²) in [7, 11) is 0. The summed E-state index contributed by atoms with van der Waals surface area (Å²) in [5.41, 5.74) is 0.331. The molecule has 2 heterocycles. The quantitative estimate of drug-likeness (QED) is 0.693. The van der Waals surface area contributed by atoms with Crippen molar-refractivity contribution in [2.24, 2.45) is 0 Å². The van der Waals surface area contributed by atoms with Crippen LogP contribution in [0.2, 0.25) is 5.28 Å². The smallest absolute Gasteiger partial charge is 0.280 e. The lowest BCUT2D eigenvalue weighted by Gasteiger charge is -2.20. The van der Waals surface area contributed by atoms with E-state index in [9.17, 15) is 4.79 Å². The summed E-state index contributed by atoms with van der Waals surface area (Å²) in [6.07, 6.45) is 1.60. The highest BCUT2D eigenvalue weighted by Crippen LogP contribution is 2.18. The van der Waals surface area contributed by atoms with Gasteiger partial charge in [0.05, 0.1) is 6.33 Å². The number of aromatic amines is 1. The molecule has 6 heteroatoms. The van der Waals surface area contributed by atoms with Crippen LogP contribution in [0.1, 0.15) is 20.8 Å². The first-order valence-corrected chi connectivity index (χ1v) is 4.91. The first-order chi connectivity index (χ1) is 6.89. The van der Waals surface area contributed by atoms with Crippen LogP contribution in [0.25, 0.3) is 11.2 Å². The molecule has 15 heavy (non-hydrogen) atoms. The zero-order valence-corrected chi connectivity index (χ0v) is 9.46. The number of nitrogens with one attached hydrogen (secondary N) is 1. The third-order valence-corrected chi connectivity index (χ3v) is 2.28. The van der Waals surface area contributed by atoms with E-state index in [1.807, 2.05) is 25.3 Å². The van der Waals surface area contributed by atoms with E-state index in [2.05, 4.69) is 15.0 Å². The molecule has 0 aliphatic heterocycles. The number of H-pyrrole nitrogens is 1. The number of hydrogen-bond donors (Lipinski definition) is 1. The van der Waals surface area contributed by atoms with Crippen LogP contribution in [0.5, 0.6) is 0 Å². The first kappa shape index (κ1) is 10.2. The molecular formula is C9H11ClN4O. The van der Waals surface area contributed by atoms with Gasteiger partial charge in [0, 0.05) is 5.54 Å². The van der Waals surface area contributed by atoms with E-state index >= 15 is 0 Å². The Hall–Kier alpha value is -1.36. The monoisotopic (exact) mass is 226 g/mol. The molecule has 2 aromatic heterocycles. The Morgan fingerprint density at radius 1 is 1.47 bits per heavy atom. The van der Waals surface area contributed by atoms with Crippen molar-refractivity contribution in [2.45, 2.75) is 26.3 Å². The second-order valence-corrected chi connectivity index (χ2v) is 4.67. The molecule has 2 aromatic rings. The third kappa shape index (κ3) is 1.63. The number of halogens is 1. The van der Waals surface area contributed by atoms with E-state index in [1.165, 1.54) is 0 Å². The predicted molar refractivity (Wildman–Crippen MR) is 58.2 cm³/mol. The first-order valence-electron chi connectivity index (χ1n) is 4.53. The highest BCUT2D eigenvalue weighted by Gasteiger charge is 2.18. The van der Waals surface area contributed by atoms with Crippen molar-refractivity contribution in [2.75, 3.05) is 0 Å². The summed E-state index contributed by atoms with van der Waals surface area (Å²) in [5.74, 6) is 0. The van der Waals surface area contributed by atoms with Crippen molar-refractivity contribution < 1.29 is 0 Å². The van der Waals surface area contributed by atoms with Gasteiger partial charge < -0.3 is 4.57 Å². The summed E-state index contributed by atoms with van der Waals surface area (Å²) in [6.45, 7) is 6.01. The van der Waals surface area contributed by atoms with E-state index in [0.717, 1.165) is 0 Å². The van der Waals surface area contributed by atoms with Crippen LogP contribution in [0, 0.1) is 0 Å². The van der Waals surface area contributed by atoms with Crippen molar-refractivity contribution >= 4 is 22.8 Å². The molecule has 0 bridgehead atoms. The highest BCUT2D eigenvalue weighted by atomic mass is 35.5. The topological polar surface area (TPSA) is 63.6 Å². The Labute approximate surface area is 91.1 Å². The van der Waals surface area contributed by atoms with Gasteiger partial charge >= 0.3 is 0 Å². The Bertz CT molecular complexity index is 563. The van der Waals surface area contributed by atoms with Crippen LogP contribution in [0.4, 0.5) is 0 Å². The van der Waals surface area contributed by atoms with Crippen LogP contribution in [0.3, 0.4) is 0 Å². The molecule has 0 atom stereocenters. The maximum Gasteiger partial charge on any atom is 0.280 e. The minimum atomic E-state index is -0.312. The average Bonchev–Trinajstić information content (AvgIpc) is 2.45. The maximum absolute atomic E-state index is 11.5. The molecule has 0 aliphatic carbocycles. The van der Waals surface area contributed by atoms with Crippen molar-refractivity contribution in [1.82, 2.24) is 19.5 Å². The SMILES string of the molecule is CC(C)(C)n1cnc2c(=O)[nH]c(Cl)nc21. The van der Waals surface area contributed by atoms with E-state index in [0.29, 0.717) is 11.2 Å². The molecule has 5 nitrogen and oxygen atoms in total. The van der Waals surface area contributed by atoms with Gasteiger partial charge in [0.2, 0.25) is 5.28 Å². The minimum absolute atomic E-state index is 0.0819. The van der Waals surface area contributed by atoms with Crippen LogP contribution in [-0.2, 0) is 5.54 Å². The Morgan fingerprint density at radius 2 is 2.13 bits per heavy atom. The molecular weight excluding hydrogens is 216 g/mol. The summed E-state index contributed by atoms with van der Waals surface area (Å²) in [4.78, 5) is 22.0. The molecule has 0 radical (unpaired) electrons. The Morgan fingerprint density at radius 3 is 2.73 bits per heavy atom. The van der Waals surface area contributed by atoms with E-state index < -0.39 is 0 Å². The predicted octanol–water partition coefficient (Wildman–Crippen LogP) is 1.53. The van der Waals surface area contributed by atoms with Gasteiger partial charge in [-0.3, -0.25) is 9.78 Å². The third-order valence-electron chi connectivity index (χ3n) is 2.10. The highest BCUT2D eigenvalue weighted by molar-refractivity contribution is 6.28. The van der Waals surface area contributed by atoms with Gasteiger partial charge in [0.1, 0.15) is 0 Å². The lowest BCUT2D eigenvalue weighted by molar-refractivity contribution is 0.406. The molecule has 2 rings (SSSR count). The van der Waals surface area contributed by atoms with Gasteiger partial charge in [0.25, 0.3) is 5.56 Å². The molecule has 0 amide bonds. The van der Waals surface area contributed by atoms with Gasteiger partial charge in [-0.05, 0) is 32.4 Å². The molecule has 0 spiro atoms. The van der Waals surface area contributed by atoms with Gasteiger partial charge in [-0.2, -0.15) is 4.98 Å². The molecule has 1 N–H and O–H groups in total. The van der Waals surface area contributed by atoms with Crippen LogP contribution >= 0.6 is 11.6 Å². The number of imidazole rings is 1. The Balaban J connectivity index is 2.86. The minimum Gasteiger partial charge on any atom is -0.310 e. The zero-order valence-electron chi connectivity index (χ0n) is 8.71. The lowest BCUT2D eigenvalue weighted by Crippen LogP contribution is -2.21. The van der Waals surface area contributed by atoms with E-state index in [4.69, 9.17) is 11.6 Å². The van der Waals surface area contributed by atoms with Crippen molar-refractivity contribution in [3.63, 3.8) is 0 Å². The summed E-state index contributed by atoms with van der Waals surface area (Å²) >= 11 is 5.70. The lowest BCUT2D eigenvalue weighted by atomic mass is 10.1. The van der Waals surface area contributed by atoms with Gasteiger partial charge in [-0.25, -0.2) is 4.98 Å². The number of fused-ring (bicyclic) bond motifs is 1. The summed E-state index contributed by atoms with van der Waals surface area (Å²) in [6, 6.07) is 0. The van der Waals surface area contributed by atoms with E-state index in [-0.39, 0.29) is 16.4 Å². The summed E-state index contributed by atoms with van der Waals surface area (Å²) in [5, 5.41) is 0.0819. The van der Waals surface area contributed by atoms with Gasteiger partial charge in [0.15, 0.2) is 11.2 Å². The molecule has 0 saturated carbocycles. The van der Waals surface area contributed by atoms with Crippen LogP contribution in [0.15, 0.2) is 11.1 Å². The second kappa shape index (κ2) is 3.06. The molecule has 0 aliphatic rings. The molecule has 0 unspecified atom stereocenters. The average molecular weight is 227 g/mol.